The predicted octanol–water partition coefficient (Wildman–Crippen LogP) is 4.10. The molecule has 0 aliphatic heterocycles. The first-order valence-corrected chi connectivity index (χ1v) is 8.53. The molecule has 5 heteroatoms. The summed E-state index contributed by atoms with van der Waals surface area (Å²) < 4.78 is 5.80. The van der Waals surface area contributed by atoms with Gasteiger partial charge in [-0.05, 0) is 30.5 Å². The molecular formula is C20H28IN3O. The van der Waals surface area contributed by atoms with Gasteiger partial charge >= 0.3 is 0 Å². The average Bonchev–Trinajstić information content (AvgIpc) is 2.61. The van der Waals surface area contributed by atoms with Crippen molar-refractivity contribution in [1.29, 1.82) is 0 Å². The second kappa shape index (κ2) is 12.7. The number of ether oxygens (including phenoxy) is 1. The number of hydrogen-bond acceptors (Lipinski definition) is 2. The Bertz CT molecular complexity index is 624. The van der Waals surface area contributed by atoms with Crippen LogP contribution in [-0.2, 0) is 24.5 Å². The standard InChI is InChI=1S/C20H27N3O.HI/c1-3-21-20(22-4-2)23-14-18-11-8-12-19(13-18)16-24-15-17-9-6-5-7-10-17;/h5-13H,3-4,14-16H2,1-2H3,(H2,21,22,23);1H. The highest BCUT2D eigenvalue weighted by atomic mass is 127. The van der Waals surface area contributed by atoms with E-state index in [0.717, 1.165) is 19.0 Å². The Morgan fingerprint density at radius 1 is 0.840 bits per heavy atom. The van der Waals surface area contributed by atoms with Gasteiger partial charge in [0.05, 0.1) is 19.8 Å². The molecule has 0 atom stereocenters. The molecule has 0 aliphatic carbocycles. The summed E-state index contributed by atoms with van der Waals surface area (Å²) in [7, 11) is 0. The minimum absolute atomic E-state index is 0. The van der Waals surface area contributed by atoms with E-state index in [-0.39, 0.29) is 24.0 Å². The summed E-state index contributed by atoms with van der Waals surface area (Å²) in [6.45, 7) is 7.75. The summed E-state index contributed by atoms with van der Waals surface area (Å²) in [5.41, 5.74) is 3.55. The quantitative estimate of drug-likeness (QED) is 0.360. The molecule has 0 heterocycles. The van der Waals surface area contributed by atoms with Crippen LogP contribution in [0.1, 0.15) is 30.5 Å². The molecule has 0 amide bonds. The van der Waals surface area contributed by atoms with Crippen LogP contribution < -0.4 is 10.6 Å². The third-order valence-corrected chi connectivity index (χ3v) is 3.48. The van der Waals surface area contributed by atoms with Gasteiger partial charge in [-0.1, -0.05) is 54.6 Å². The molecule has 136 valence electrons. The Kier molecular flexibility index (Phi) is 10.9. The molecule has 0 saturated heterocycles. The Morgan fingerprint density at radius 3 is 2.12 bits per heavy atom. The number of nitrogens with one attached hydrogen (secondary N) is 2. The van der Waals surface area contributed by atoms with E-state index < -0.39 is 0 Å². The highest BCUT2D eigenvalue weighted by molar-refractivity contribution is 14.0. The first-order valence-electron chi connectivity index (χ1n) is 8.53. The summed E-state index contributed by atoms with van der Waals surface area (Å²) in [6.07, 6.45) is 0. The van der Waals surface area contributed by atoms with Crippen LogP contribution in [0.5, 0.6) is 0 Å². The molecular weight excluding hydrogens is 425 g/mol. The number of halogens is 1. The van der Waals surface area contributed by atoms with Gasteiger partial charge in [0.2, 0.25) is 0 Å². The van der Waals surface area contributed by atoms with E-state index in [2.05, 4.69) is 65.9 Å². The number of nitrogens with zero attached hydrogens (tertiary/aromatic N) is 1. The van der Waals surface area contributed by atoms with Crippen LogP contribution in [0.2, 0.25) is 0 Å². The number of guanidine groups is 1. The zero-order chi connectivity index (χ0) is 17.0. The van der Waals surface area contributed by atoms with E-state index in [1.807, 2.05) is 18.2 Å². The molecule has 0 spiro atoms. The van der Waals surface area contributed by atoms with Gasteiger partial charge in [0.15, 0.2) is 5.96 Å². The van der Waals surface area contributed by atoms with Crippen LogP contribution in [0.3, 0.4) is 0 Å². The third-order valence-electron chi connectivity index (χ3n) is 3.48. The lowest BCUT2D eigenvalue weighted by Gasteiger charge is -2.10. The van der Waals surface area contributed by atoms with Gasteiger partial charge in [-0.15, -0.1) is 24.0 Å². The van der Waals surface area contributed by atoms with E-state index in [1.54, 1.807) is 0 Å². The van der Waals surface area contributed by atoms with Gasteiger partial charge in [-0.2, -0.15) is 0 Å². The fourth-order valence-corrected chi connectivity index (χ4v) is 2.36. The van der Waals surface area contributed by atoms with Gasteiger partial charge in [-0.3, -0.25) is 0 Å². The second-order valence-electron chi connectivity index (χ2n) is 5.52. The average molecular weight is 453 g/mol. The molecule has 0 unspecified atom stereocenters. The van der Waals surface area contributed by atoms with Gasteiger partial charge in [0, 0.05) is 13.1 Å². The van der Waals surface area contributed by atoms with Crippen molar-refractivity contribution in [2.45, 2.75) is 33.6 Å². The normalized spacial score (nSPS) is 9.84. The summed E-state index contributed by atoms with van der Waals surface area (Å²) >= 11 is 0. The fraction of sp³-hybridized carbons (Fsp3) is 0.350. The number of rotatable bonds is 8. The van der Waals surface area contributed by atoms with Crippen molar-refractivity contribution < 1.29 is 4.74 Å². The van der Waals surface area contributed by atoms with Crippen molar-refractivity contribution in [1.82, 2.24) is 10.6 Å². The number of hydrogen-bond donors (Lipinski definition) is 2. The molecule has 2 aromatic rings. The lowest BCUT2D eigenvalue weighted by Crippen LogP contribution is -2.36. The maximum Gasteiger partial charge on any atom is 0.191 e. The van der Waals surface area contributed by atoms with Crippen molar-refractivity contribution >= 4 is 29.9 Å². The second-order valence-corrected chi connectivity index (χ2v) is 5.52. The zero-order valence-electron chi connectivity index (χ0n) is 15.0. The van der Waals surface area contributed by atoms with Crippen LogP contribution >= 0.6 is 24.0 Å². The van der Waals surface area contributed by atoms with Crippen LogP contribution in [0.15, 0.2) is 59.6 Å². The number of aliphatic imine (C=N–C) groups is 1. The van der Waals surface area contributed by atoms with Gasteiger partial charge in [0.25, 0.3) is 0 Å². The maximum absolute atomic E-state index is 5.80. The molecule has 2 rings (SSSR count). The predicted molar refractivity (Wildman–Crippen MR) is 115 cm³/mol. The largest absolute Gasteiger partial charge is 0.372 e. The maximum atomic E-state index is 5.80. The van der Waals surface area contributed by atoms with E-state index in [1.165, 1.54) is 16.7 Å². The number of benzene rings is 2. The Labute approximate surface area is 168 Å². The highest BCUT2D eigenvalue weighted by Gasteiger charge is 1.99. The van der Waals surface area contributed by atoms with Crippen LogP contribution in [0.4, 0.5) is 0 Å². The van der Waals surface area contributed by atoms with Crippen LogP contribution in [-0.4, -0.2) is 19.0 Å². The van der Waals surface area contributed by atoms with E-state index in [9.17, 15) is 0 Å². The van der Waals surface area contributed by atoms with Gasteiger partial charge in [-0.25, -0.2) is 4.99 Å². The zero-order valence-corrected chi connectivity index (χ0v) is 17.3. The minimum Gasteiger partial charge on any atom is -0.372 e. The monoisotopic (exact) mass is 453 g/mol. The fourth-order valence-electron chi connectivity index (χ4n) is 2.36. The van der Waals surface area contributed by atoms with Crippen LogP contribution in [0, 0.1) is 0 Å². The molecule has 2 aromatic carbocycles. The lowest BCUT2D eigenvalue weighted by atomic mass is 10.1. The van der Waals surface area contributed by atoms with E-state index >= 15 is 0 Å². The first kappa shape index (κ1) is 21.4. The van der Waals surface area contributed by atoms with Crippen LogP contribution in [0.25, 0.3) is 0 Å². The summed E-state index contributed by atoms with van der Waals surface area (Å²) in [6, 6.07) is 18.6. The topological polar surface area (TPSA) is 45.7 Å². The van der Waals surface area contributed by atoms with Crippen molar-refractivity contribution in [2.75, 3.05) is 13.1 Å². The molecule has 0 saturated carbocycles. The van der Waals surface area contributed by atoms with Crippen molar-refractivity contribution in [3.63, 3.8) is 0 Å². The van der Waals surface area contributed by atoms with Crippen molar-refractivity contribution in [3.8, 4) is 0 Å². The minimum atomic E-state index is 0. The third kappa shape index (κ3) is 8.36. The molecule has 4 nitrogen and oxygen atoms in total. The summed E-state index contributed by atoms with van der Waals surface area (Å²) in [4.78, 5) is 4.60. The highest BCUT2D eigenvalue weighted by Crippen LogP contribution is 2.09. The Morgan fingerprint density at radius 2 is 1.44 bits per heavy atom. The summed E-state index contributed by atoms with van der Waals surface area (Å²) in [5, 5.41) is 6.47. The molecule has 0 aliphatic rings. The summed E-state index contributed by atoms with van der Waals surface area (Å²) in [5.74, 6) is 0.853. The SMILES string of the molecule is CCNC(=NCc1cccc(COCc2ccccc2)c1)NCC.I. The Balaban J connectivity index is 0.00000312. The first-order chi connectivity index (χ1) is 11.8. The van der Waals surface area contributed by atoms with Crippen molar-refractivity contribution in [3.05, 3.63) is 71.3 Å². The molecule has 0 bridgehead atoms. The van der Waals surface area contributed by atoms with E-state index in [4.69, 9.17) is 4.74 Å². The van der Waals surface area contributed by atoms with E-state index in [0.29, 0.717) is 19.8 Å². The smallest absolute Gasteiger partial charge is 0.191 e. The molecule has 0 fully saturated rings. The Hall–Kier alpha value is -1.60. The molecule has 25 heavy (non-hydrogen) atoms. The van der Waals surface area contributed by atoms with Gasteiger partial charge in [0.1, 0.15) is 0 Å². The molecule has 2 N–H and O–H groups in total. The molecule has 0 radical (unpaired) electrons. The molecule has 0 aromatic heterocycles. The van der Waals surface area contributed by atoms with Crippen molar-refractivity contribution in [2.24, 2.45) is 4.99 Å². The lowest BCUT2D eigenvalue weighted by molar-refractivity contribution is 0.107. The van der Waals surface area contributed by atoms with Gasteiger partial charge < -0.3 is 15.4 Å².